The molecule has 1 aliphatic heterocycles. The zero-order chi connectivity index (χ0) is 25.1. The van der Waals surface area contributed by atoms with E-state index in [0.717, 1.165) is 62.1 Å². The maximum Gasteiger partial charge on any atom is 0.188 e. The van der Waals surface area contributed by atoms with Crippen molar-refractivity contribution < 1.29 is 18.7 Å². The highest BCUT2D eigenvalue weighted by atomic mass is 79.9. The lowest BCUT2D eigenvalue weighted by molar-refractivity contribution is 0.0369. The highest BCUT2D eigenvalue weighted by Crippen LogP contribution is 2.31. The summed E-state index contributed by atoms with van der Waals surface area (Å²) in [5, 5.41) is 0.515. The van der Waals surface area contributed by atoms with Crippen molar-refractivity contribution in [3.05, 3.63) is 62.6 Å². The van der Waals surface area contributed by atoms with E-state index in [1.807, 2.05) is 16.7 Å². The molecule has 0 unspecified atom stereocenters. The predicted molar refractivity (Wildman–Crippen MR) is 141 cm³/mol. The number of morpholine rings is 1. The second-order valence-electron chi connectivity index (χ2n) is 9.62. The Kier molecular flexibility index (Phi) is 8.38. The van der Waals surface area contributed by atoms with Crippen molar-refractivity contribution in [2.24, 2.45) is 5.92 Å². The Labute approximate surface area is 223 Å². The van der Waals surface area contributed by atoms with E-state index in [2.05, 4.69) is 25.8 Å². The smallest absolute Gasteiger partial charge is 0.188 e. The number of carbonyl (C=O) groups excluding carboxylic acids is 1. The molecule has 1 saturated heterocycles. The van der Waals surface area contributed by atoms with E-state index < -0.39 is 5.82 Å². The van der Waals surface area contributed by atoms with E-state index in [4.69, 9.17) is 21.1 Å². The Bertz CT molecular complexity index is 1240. The summed E-state index contributed by atoms with van der Waals surface area (Å²) < 4.78 is 29.8. The molecule has 6 nitrogen and oxygen atoms in total. The minimum Gasteiger partial charge on any atom is -0.379 e. The number of fused-ring (bicyclic) bond motifs is 1. The summed E-state index contributed by atoms with van der Waals surface area (Å²) >= 11 is 9.85. The number of rotatable bonds is 11. The van der Waals surface area contributed by atoms with Gasteiger partial charge in [-0.25, -0.2) is 9.37 Å². The SMILES string of the molecule is O=C(COCC1CC1)c1cc2c(ncn2CCCN2CCOCC2)c(F)c1Cc1ccc(Br)cc1Cl. The van der Waals surface area contributed by atoms with E-state index >= 15 is 4.39 Å². The van der Waals surface area contributed by atoms with E-state index in [9.17, 15) is 4.79 Å². The number of aryl methyl sites for hydroxylation is 1. The van der Waals surface area contributed by atoms with Gasteiger partial charge in [0, 0.05) is 53.2 Å². The van der Waals surface area contributed by atoms with Gasteiger partial charge in [-0.05, 0) is 48.9 Å². The molecule has 1 aliphatic carbocycles. The molecule has 192 valence electrons. The van der Waals surface area contributed by atoms with Crippen LogP contribution in [0.15, 0.2) is 35.1 Å². The number of hydrogen-bond acceptors (Lipinski definition) is 5. The molecule has 2 aromatic carbocycles. The molecule has 0 N–H and O–H groups in total. The molecule has 2 aliphatic rings. The van der Waals surface area contributed by atoms with Crippen LogP contribution >= 0.6 is 27.5 Å². The van der Waals surface area contributed by atoms with Gasteiger partial charge in [0.1, 0.15) is 12.1 Å². The fraction of sp³-hybridized carbons (Fsp3) is 0.481. The third kappa shape index (κ3) is 6.17. The Morgan fingerprint density at radius 3 is 2.78 bits per heavy atom. The fourth-order valence-corrected chi connectivity index (χ4v) is 5.36. The van der Waals surface area contributed by atoms with Crippen molar-refractivity contribution in [3.63, 3.8) is 0 Å². The van der Waals surface area contributed by atoms with Gasteiger partial charge in [-0.1, -0.05) is 33.6 Å². The van der Waals surface area contributed by atoms with Crippen LogP contribution in [0.25, 0.3) is 11.0 Å². The summed E-state index contributed by atoms with van der Waals surface area (Å²) in [6, 6.07) is 7.26. The number of imidazole rings is 1. The van der Waals surface area contributed by atoms with Crippen LogP contribution in [-0.2, 0) is 22.4 Å². The Balaban J connectivity index is 1.42. The highest BCUT2D eigenvalue weighted by molar-refractivity contribution is 9.10. The number of aromatic nitrogens is 2. The number of carbonyl (C=O) groups is 1. The topological polar surface area (TPSA) is 56.6 Å². The van der Waals surface area contributed by atoms with Crippen LogP contribution < -0.4 is 0 Å². The molecule has 2 heterocycles. The first-order chi connectivity index (χ1) is 17.5. The number of nitrogens with zero attached hydrogens (tertiary/aromatic N) is 3. The lowest BCUT2D eigenvalue weighted by atomic mass is 9.95. The lowest BCUT2D eigenvalue weighted by Crippen LogP contribution is -2.37. The van der Waals surface area contributed by atoms with Crippen LogP contribution in [0.3, 0.4) is 0 Å². The standard InChI is InChI=1S/C27H30BrClFN3O3/c28-20-5-4-19(23(29)13-20)12-22-21(25(34)16-36-15-18-2-3-18)14-24-27(26(22)30)31-17-33(24)7-1-6-32-8-10-35-11-9-32/h4-5,13-14,17-18H,1-3,6-12,15-16H2. The zero-order valence-electron chi connectivity index (χ0n) is 20.1. The van der Waals surface area contributed by atoms with E-state index in [-0.39, 0.29) is 24.3 Å². The van der Waals surface area contributed by atoms with Crippen molar-refractivity contribution in [3.8, 4) is 0 Å². The molecule has 1 saturated carbocycles. The molecule has 0 amide bonds. The summed E-state index contributed by atoms with van der Waals surface area (Å²) in [6.45, 7) is 5.53. The first-order valence-electron chi connectivity index (χ1n) is 12.5. The van der Waals surface area contributed by atoms with Crippen molar-refractivity contribution in [1.29, 1.82) is 0 Å². The molecule has 2 fully saturated rings. The average Bonchev–Trinajstić information content (AvgIpc) is 3.61. The number of ketones is 1. The summed E-state index contributed by atoms with van der Waals surface area (Å²) in [7, 11) is 0. The Morgan fingerprint density at radius 2 is 2.03 bits per heavy atom. The van der Waals surface area contributed by atoms with Gasteiger partial charge in [0.2, 0.25) is 0 Å². The number of benzene rings is 2. The van der Waals surface area contributed by atoms with Crippen LogP contribution in [-0.4, -0.2) is 66.3 Å². The van der Waals surface area contributed by atoms with E-state index in [1.54, 1.807) is 18.5 Å². The largest absolute Gasteiger partial charge is 0.379 e. The van der Waals surface area contributed by atoms with Crippen molar-refractivity contribution in [2.75, 3.05) is 46.1 Å². The Hall–Kier alpha value is -1.84. The number of ether oxygens (including phenoxy) is 2. The molecular formula is C27H30BrClFN3O3. The van der Waals surface area contributed by atoms with Gasteiger partial charge in [-0.2, -0.15) is 0 Å². The molecule has 36 heavy (non-hydrogen) atoms. The second kappa shape index (κ2) is 11.7. The molecule has 3 aromatic rings. The molecule has 0 radical (unpaired) electrons. The van der Waals surface area contributed by atoms with Crippen LogP contribution in [0.4, 0.5) is 4.39 Å². The summed E-state index contributed by atoms with van der Waals surface area (Å²) in [4.78, 5) is 20.0. The van der Waals surface area contributed by atoms with E-state index in [1.165, 1.54) is 0 Å². The summed E-state index contributed by atoms with van der Waals surface area (Å²) in [5.41, 5.74) is 2.30. The highest BCUT2D eigenvalue weighted by Gasteiger charge is 2.25. The van der Waals surface area contributed by atoms with Crippen molar-refractivity contribution in [2.45, 2.75) is 32.2 Å². The van der Waals surface area contributed by atoms with Gasteiger partial charge in [0.15, 0.2) is 11.6 Å². The van der Waals surface area contributed by atoms with Gasteiger partial charge < -0.3 is 14.0 Å². The number of halogens is 3. The first-order valence-corrected chi connectivity index (χ1v) is 13.7. The fourth-order valence-electron chi connectivity index (χ4n) is 4.62. The lowest BCUT2D eigenvalue weighted by Gasteiger charge is -2.26. The number of hydrogen-bond donors (Lipinski definition) is 0. The maximum atomic E-state index is 15.9. The third-order valence-electron chi connectivity index (χ3n) is 6.90. The van der Waals surface area contributed by atoms with Gasteiger partial charge in [-0.15, -0.1) is 0 Å². The van der Waals surface area contributed by atoms with Crippen molar-refractivity contribution in [1.82, 2.24) is 14.5 Å². The van der Waals surface area contributed by atoms with Crippen LogP contribution in [0.2, 0.25) is 5.02 Å². The molecule has 5 rings (SSSR count). The van der Waals surface area contributed by atoms with E-state index in [0.29, 0.717) is 40.7 Å². The molecule has 0 atom stereocenters. The van der Waals surface area contributed by atoms with Gasteiger partial charge in [-0.3, -0.25) is 9.69 Å². The molecule has 0 bridgehead atoms. The normalized spacial score (nSPS) is 16.6. The van der Waals surface area contributed by atoms with Gasteiger partial charge >= 0.3 is 0 Å². The predicted octanol–water partition coefficient (Wildman–Crippen LogP) is 5.51. The first kappa shape index (κ1) is 25.8. The van der Waals surface area contributed by atoms with Gasteiger partial charge in [0.05, 0.1) is 31.7 Å². The summed E-state index contributed by atoms with van der Waals surface area (Å²) in [5.74, 6) is -0.143. The monoisotopic (exact) mass is 577 g/mol. The Morgan fingerprint density at radius 1 is 1.22 bits per heavy atom. The average molecular weight is 579 g/mol. The molecule has 1 aromatic heterocycles. The number of Topliss-reactive ketones (excluding diaryl/α,β-unsaturated/α-hetero) is 1. The quantitative estimate of drug-likeness (QED) is 0.281. The second-order valence-corrected chi connectivity index (χ2v) is 10.9. The van der Waals surface area contributed by atoms with Crippen LogP contribution in [0.1, 0.15) is 40.7 Å². The molecule has 0 spiro atoms. The molecular weight excluding hydrogens is 549 g/mol. The maximum absolute atomic E-state index is 15.9. The molecule has 9 heteroatoms. The van der Waals surface area contributed by atoms with Crippen LogP contribution in [0, 0.1) is 11.7 Å². The third-order valence-corrected chi connectivity index (χ3v) is 7.75. The minimum absolute atomic E-state index is 0.0618. The zero-order valence-corrected chi connectivity index (χ0v) is 22.5. The van der Waals surface area contributed by atoms with Crippen LogP contribution in [0.5, 0.6) is 0 Å². The van der Waals surface area contributed by atoms with Gasteiger partial charge in [0.25, 0.3) is 0 Å². The van der Waals surface area contributed by atoms with Crippen molar-refractivity contribution >= 4 is 44.3 Å². The minimum atomic E-state index is -0.469. The summed E-state index contributed by atoms with van der Waals surface area (Å²) in [6.07, 6.45) is 5.05.